The highest BCUT2D eigenvalue weighted by Gasteiger charge is 2.52. The normalized spacial score (nSPS) is 20.5. The van der Waals surface area contributed by atoms with Crippen molar-refractivity contribution in [1.29, 1.82) is 0 Å². The van der Waals surface area contributed by atoms with Crippen LogP contribution in [0.5, 0.6) is 5.75 Å². The Labute approximate surface area is 119 Å². The lowest BCUT2D eigenvalue weighted by Crippen LogP contribution is -2.41. The van der Waals surface area contributed by atoms with E-state index >= 15 is 0 Å². The van der Waals surface area contributed by atoms with E-state index in [-0.39, 0.29) is 17.0 Å². The topological polar surface area (TPSA) is 38.7 Å². The molecule has 104 valence electrons. The molecule has 4 heteroatoms. The van der Waals surface area contributed by atoms with Gasteiger partial charge in [0.05, 0.1) is 11.2 Å². The maximum Gasteiger partial charge on any atom is 0.495 e. The fourth-order valence-corrected chi connectivity index (χ4v) is 2.48. The number of phenolic OH excluding ortho intramolecular Hbond substituents is 1. The number of aromatic hydroxyl groups is 1. The first-order chi connectivity index (χ1) is 9.32. The van der Waals surface area contributed by atoms with Gasteiger partial charge in [-0.3, -0.25) is 0 Å². The quantitative estimate of drug-likeness (QED) is 0.810. The van der Waals surface area contributed by atoms with Crippen molar-refractivity contribution in [3.05, 3.63) is 36.4 Å². The predicted molar refractivity (Wildman–Crippen MR) is 81.3 cm³/mol. The van der Waals surface area contributed by atoms with Crippen LogP contribution in [0.15, 0.2) is 36.4 Å². The summed E-state index contributed by atoms with van der Waals surface area (Å²) in [6.45, 7) is 8.15. The predicted octanol–water partition coefficient (Wildman–Crippen LogP) is 2.84. The number of hydrogen-bond donors (Lipinski definition) is 1. The van der Waals surface area contributed by atoms with Crippen molar-refractivity contribution in [3.63, 3.8) is 0 Å². The van der Waals surface area contributed by atoms with Crippen LogP contribution >= 0.6 is 0 Å². The van der Waals surface area contributed by atoms with Gasteiger partial charge in [-0.25, -0.2) is 0 Å². The van der Waals surface area contributed by atoms with Crippen molar-refractivity contribution < 1.29 is 14.4 Å². The van der Waals surface area contributed by atoms with Crippen LogP contribution in [0.1, 0.15) is 27.7 Å². The third-order valence-corrected chi connectivity index (χ3v) is 4.44. The van der Waals surface area contributed by atoms with Gasteiger partial charge >= 0.3 is 7.12 Å². The molecule has 0 bridgehead atoms. The summed E-state index contributed by atoms with van der Waals surface area (Å²) in [5, 5.41) is 11.7. The van der Waals surface area contributed by atoms with E-state index in [0.29, 0.717) is 0 Å². The Bertz CT molecular complexity index is 648. The van der Waals surface area contributed by atoms with Gasteiger partial charge in [0.1, 0.15) is 5.75 Å². The molecule has 0 amide bonds. The molecule has 1 aliphatic rings. The first-order valence-corrected chi connectivity index (χ1v) is 6.88. The summed E-state index contributed by atoms with van der Waals surface area (Å²) >= 11 is 0. The molecule has 0 saturated carbocycles. The Morgan fingerprint density at radius 2 is 1.40 bits per heavy atom. The highest BCUT2D eigenvalue weighted by atomic mass is 16.7. The van der Waals surface area contributed by atoms with Crippen molar-refractivity contribution in [2.24, 2.45) is 0 Å². The van der Waals surface area contributed by atoms with Gasteiger partial charge in [0.25, 0.3) is 0 Å². The van der Waals surface area contributed by atoms with Crippen molar-refractivity contribution >= 4 is 23.4 Å². The van der Waals surface area contributed by atoms with Crippen LogP contribution < -0.4 is 5.46 Å². The maximum atomic E-state index is 9.96. The van der Waals surface area contributed by atoms with E-state index in [1.165, 1.54) is 0 Å². The Balaban J connectivity index is 2.11. The Morgan fingerprint density at radius 1 is 0.850 bits per heavy atom. The van der Waals surface area contributed by atoms with Gasteiger partial charge < -0.3 is 14.4 Å². The summed E-state index contributed by atoms with van der Waals surface area (Å²) in [6.07, 6.45) is 0. The molecular formula is C16H19BO3. The fourth-order valence-electron chi connectivity index (χ4n) is 2.48. The maximum absolute atomic E-state index is 9.96. The summed E-state index contributed by atoms with van der Waals surface area (Å²) < 4.78 is 12.2. The Hall–Kier alpha value is -1.52. The number of fused-ring (bicyclic) bond motifs is 1. The van der Waals surface area contributed by atoms with E-state index in [1.54, 1.807) is 6.07 Å². The van der Waals surface area contributed by atoms with E-state index in [4.69, 9.17) is 9.31 Å². The molecule has 0 unspecified atom stereocenters. The van der Waals surface area contributed by atoms with E-state index < -0.39 is 7.12 Å². The van der Waals surface area contributed by atoms with Gasteiger partial charge in [-0.15, -0.1) is 0 Å². The van der Waals surface area contributed by atoms with E-state index in [9.17, 15) is 5.11 Å². The largest absolute Gasteiger partial charge is 0.507 e. The molecular weight excluding hydrogens is 251 g/mol. The van der Waals surface area contributed by atoms with Crippen LogP contribution in [0, 0.1) is 0 Å². The summed E-state index contributed by atoms with van der Waals surface area (Å²) in [4.78, 5) is 0. The van der Waals surface area contributed by atoms with Gasteiger partial charge in [-0.05, 0) is 44.6 Å². The molecule has 1 heterocycles. The summed E-state index contributed by atoms with van der Waals surface area (Å²) in [5.41, 5.74) is 0.227. The molecule has 0 spiro atoms. The second kappa shape index (κ2) is 4.24. The third-order valence-electron chi connectivity index (χ3n) is 4.44. The molecule has 20 heavy (non-hydrogen) atoms. The van der Waals surface area contributed by atoms with Crippen LogP contribution in [0.2, 0.25) is 0 Å². The lowest BCUT2D eigenvalue weighted by molar-refractivity contribution is 0.00578. The van der Waals surface area contributed by atoms with E-state index in [0.717, 1.165) is 16.2 Å². The molecule has 1 saturated heterocycles. The van der Waals surface area contributed by atoms with Crippen LogP contribution in [-0.2, 0) is 9.31 Å². The van der Waals surface area contributed by atoms with Gasteiger partial charge in [0.15, 0.2) is 0 Å². The van der Waals surface area contributed by atoms with Crippen LogP contribution in [-0.4, -0.2) is 23.4 Å². The minimum absolute atomic E-state index is 0.279. The van der Waals surface area contributed by atoms with Gasteiger partial charge in [-0.1, -0.05) is 30.3 Å². The van der Waals surface area contributed by atoms with Crippen molar-refractivity contribution in [2.45, 2.75) is 38.9 Å². The van der Waals surface area contributed by atoms with Gasteiger partial charge in [0, 0.05) is 5.39 Å². The smallest absolute Gasteiger partial charge is 0.495 e. The number of rotatable bonds is 1. The number of phenols is 1. The lowest BCUT2D eigenvalue weighted by atomic mass is 9.76. The van der Waals surface area contributed by atoms with Crippen molar-refractivity contribution in [1.82, 2.24) is 0 Å². The molecule has 0 aliphatic carbocycles. The molecule has 3 rings (SSSR count). The molecule has 3 nitrogen and oxygen atoms in total. The lowest BCUT2D eigenvalue weighted by Gasteiger charge is -2.32. The second-order valence-electron chi connectivity index (χ2n) is 6.31. The fraction of sp³-hybridized carbons (Fsp3) is 0.375. The second-order valence-corrected chi connectivity index (χ2v) is 6.31. The van der Waals surface area contributed by atoms with E-state index in [2.05, 4.69) is 0 Å². The first kappa shape index (κ1) is 13.5. The van der Waals surface area contributed by atoms with Crippen molar-refractivity contribution in [3.8, 4) is 5.75 Å². The molecule has 0 radical (unpaired) electrons. The van der Waals surface area contributed by atoms with Crippen LogP contribution in [0.25, 0.3) is 10.8 Å². The molecule has 0 aromatic heterocycles. The zero-order chi connectivity index (χ0) is 14.5. The van der Waals surface area contributed by atoms with Crippen LogP contribution in [0.4, 0.5) is 0 Å². The minimum Gasteiger partial charge on any atom is -0.507 e. The number of benzene rings is 2. The molecule has 2 aromatic rings. The zero-order valence-electron chi connectivity index (χ0n) is 12.3. The summed E-state index contributed by atoms with van der Waals surface area (Å²) in [6, 6.07) is 11.3. The van der Waals surface area contributed by atoms with E-state index in [1.807, 2.05) is 58.0 Å². The first-order valence-electron chi connectivity index (χ1n) is 6.88. The highest BCUT2D eigenvalue weighted by Crippen LogP contribution is 2.37. The molecule has 1 aliphatic heterocycles. The molecule has 0 atom stereocenters. The minimum atomic E-state index is -0.412. The monoisotopic (exact) mass is 270 g/mol. The van der Waals surface area contributed by atoms with Crippen molar-refractivity contribution in [2.75, 3.05) is 0 Å². The molecule has 1 fully saturated rings. The average molecular weight is 270 g/mol. The zero-order valence-corrected chi connectivity index (χ0v) is 12.3. The summed E-state index contributed by atoms with van der Waals surface area (Å²) in [5.74, 6) is 0.279. The highest BCUT2D eigenvalue weighted by molar-refractivity contribution is 6.65. The third kappa shape index (κ3) is 1.91. The SMILES string of the molecule is CC1(C)OB(c2ccc(O)c3ccccc23)OC1(C)C. The van der Waals surface area contributed by atoms with Crippen LogP contribution in [0.3, 0.4) is 0 Å². The Morgan fingerprint density at radius 3 is 2.00 bits per heavy atom. The molecule has 2 aromatic carbocycles. The van der Waals surface area contributed by atoms with Gasteiger partial charge in [0.2, 0.25) is 0 Å². The number of hydrogen-bond acceptors (Lipinski definition) is 3. The standard InChI is InChI=1S/C16H19BO3/c1-15(2)16(3,4)20-17(19-15)13-9-10-14(18)12-8-6-5-7-11(12)13/h5-10,18H,1-4H3. The summed E-state index contributed by atoms with van der Waals surface area (Å²) in [7, 11) is -0.412. The Kier molecular flexibility index (Phi) is 2.85. The molecule has 1 N–H and O–H groups in total. The average Bonchev–Trinajstić information content (AvgIpc) is 2.59. The van der Waals surface area contributed by atoms with Gasteiger partial charge in [-0.2, -0.15) is 0 Å².